The lowest BCUT2D eigenvalue weighted by Gasteiger charge is -2.21. The average molecular weight is 213 g/mol. The molecule has 0 aromatic carbocycles. The van der Waals surface area contributed by atoms with Gasteiger partial charge >= 0.3 is 11.9 Å². The summed E-state index contributed by atoms with van der Waals surface area (Å²) in [6, 6.07) is 0. The van der Waals surface area contributed by atoms with Gasteiger partial charge in [-0.3, -0.25) is 4.79 Å². The summed E-state index contributed by atoms with van der Waals surface area (Å²) in [5.41, 5.74) is 4.33. The molecule has 84 valence electrons. The van der Waals surface area contributed by atoms with Gasteiger partial charge in [0.25, 0.3) is 6.10 Å². The van der Waals surface area contributed by atoms with E-state index >= 15 is 0 Å². The molecule has 0 aliphatic rings. The number of nitrogens with two attached hydrogens (primary N) is 1. The van der Waals surface area contributed by atoms with Gasteiger partial charge in [0.05, 0.1) is 6.54 Å². The fourth-order valence-corrected chi connectivity index (χ4v) is 0.685. The predicted octanol–water partition coefficient (Wildman–Crippen LogP) is -0.168. The van der Waals surface area contributed by atoms with E-state index < -0.39 is 23.6 Å². The van der Waals surface area contributed by atoms with Crippen LogP contribution in [0.3, 0.4) is 0 Å². The molecule has 0 amide bonds. The Balaban J connectivity index is 4.38. The van der Waals surface area contributed by atoms with E-state index in [0.717, 1.165) is 0 Å². The van der Waals surface area contributed by atoms with Crippen LogP contribution in [0.25, 0.3) is 0 Å². The molecule has 0 heterocycles. The van der Waals surface area contributed by atoms with Crippen LogP contribution >= 0.6 is 0 Å². The topological polar surface area (TPSA) is 78.6 Å². The third-order valence-electron chi connectivity index (χ3n) is 1.19. The first-order valence-corrected chi connectivity index (χ1v) is 4.38. The van der Waals surface area contributed by atoms with Gasteiger partial charge in [-0.05, 0) is 20.8 Å². The van der Waals surface area contributed by atoms with Crippen molar-refractivity contribution in [1.82, 2.24) is 0 Å². The van der Waals surface area contributed by atoms with Gasteiger partial charge in [0, 0.05) is 0 Å². The van der Waals surface area contributed by atoms with Gasteiger partial charge in [0.15, 0.2) is 0 Å². The summed E-state index contributed by atoms with van der Waals surface area (Å²) in [4.78, 5) is 22.2. The first-order chi connectivity index (χ1) is 6.80. The summed E-state index contributed by atoms with van der Waals surface area (Å²) in [6.07, 6.45) is 3.69. The van der Waals surface area contributed by atoms with E-state index in [9.17, 15) is 9.59 Å². The summed E-state index contributed by atoms with van der Waals surface area (Å²) in [5.74, 6) is 0.499. The Morgan fingerprint density at radius 1 is 1.47 bits per heavy atom. The van der Waals surface area contributed by atoms with E-state index in [4.69, 9.17) is 16.9 Å². The number of ether oxygens (including phenoxy) is 2. The van der Waals surface area contributed by atoms with Crippen molar-refractivity contribution in [3.8, 4) is 12.3 Å². The van der Waals surface area contributed by atoms with Crippen LogP contribution in [-0.4, -0.2) is 30.2 Å². The zero-order chi connectivity index (χ0) is 12.1. The van der Waals surface area contributed by atoms with Gasteiger partial charge in [-0.1, -0.05) is 5.92 Å². The molecule has 2 N–H and O–H groups in total. The van der Waals surface area contributed by atoms with Crippen molar-refractivity contribution >= 4 is 11.9 Å². The van der Waals surface area contributed by atoms with E-state index in [2.05, 4.69) is 4.74 Å². The maximum absolute atomic E-state index is 11.4. The molecule has 0 fully saturated rings. The lowest BCUT2D eigenvalue weighted by atomic mass is 10.2. The van der Waals surface area contributed by atoms with Crippen molar-refractivity contribution in [3.05, 3.63) is 0 Å². The molecule has 0 aliphatic carbocycles. The predicted molar refractivity (Wildman–Crippen MR) is 53.6 cm³/mol. The number of carbonyl (C=O) groups is 2. The summed E-state index contributed by atoms with van der Waals surface area (Å²) < 4.78 is 9.52. The quantitative estimate of drug-likeness (QED) is 0.520. The van der Waals surface area contributed by atoms with Gasteiger partial charge in [-0.15, -0.1) is 6.42 Å². The Morgan fingerprint density at radius 3 is 2.33 bits per heavy atom. The lowest BCUT2D eigenvalue weighted by Crippen LogP contribution is -2.35. The minimum Gasteiger partial charge on any atom is -0.456 e. The molecular weight excluding hydrogens is 198 g/mol. The fourth-order valence-electron chi connectivity index (χ4n) is 0.685. The highest BCUT2D eigenvalue weighted by Crippen LogP contribution is 2.09. The number of hydrogen-bond acceptors (Lipinski definition) is 5. The normalized spacial score (nSPS) is 12.5. The Bertz CT molecular complexity index is 285. The maximum atomic E-state index is 11.4. The average Bonchev–Trinajstić information content (AvgIpc) is 2.10. The highest BCUT2D eigenvalue weighted by molar-refractivity contribution is 5.82. The highest BCUT2D eigenvalue weighted by atomic mass is 16.6. The summed E-state index contributed by atoms with van der Waals surface area (Å²) in [5, 5.41) is 0. The van der Waals surface area contributed by atoms with Crippen molar-refractivity contribution in [1.29, 1.82) is 0 Å². The molecule has 0 aromatic heterocycles. The summed E-state index contributed by atoms with van der Waals surface area (Å²) in [7, 11) is 0. The van der Waals surface area contributed by atoms with Gasteiger partial charge in [0.1, 0.15) is 5.60 Å². The molecule has 0 aromatic rings. The second-order valence-corrected chi connectivity index (χ2v) is 3.77. The maximum Gasteiger partial charge on any atom is 0.360 e. The van der Waals surface area contributed by atoms with Crippen molar-refractivity contribution in [3.63, 3.8) is 0 Å². The second-order valence-electron chi connectivity index (χ2n) is 3.77. The molecule has 0 saturated heterocycles. The van der Waals surface area contributed by atoms with E-state index in [0.29, 0.717) is 0 Å². The molecule has 1 atom stereocenters. The van der Waals surface area contributed by atoms with Gasteiger partial charge in [-0.2, -0.15) is 0 Å². The Kier molecular flexibility index (Phi) is 4.82. The third-order valence-corrected chi connectivity index (χ3v) is 1.19. The van der Waals surface area contributed by atoms with Crippen LogP contribution in [0, 0.1) is 12.3 Å². The molecule has 1 unspecified atom stereocenters. The zero-order valence-electron chi connectivity index (χ0n) is 9.07. The Hall–Kier alpha value is -1.54. The molecule has 0 rings (SSSR count). The largest absolute Gasteiger partial charge is 0.456 e. The first-order valence-electron chi connectivity index (χ1n) is 4.38. The molecule has 0 radical (unpaired) electrons. The van der Waals surface area contributed by atoms with Crippen molar-refractivity contribution in [2.24, 2.45) is 5.73 Å². The van der Waals surface area contributed by atoms with Gasteiger partial charge in [-0.25, -0.2) is 4.79 Å². The molecule has 0 saturated carbocycles. The van der Waals surface area contributed by atoms with Crippen LogP contribution < -0.4 is 5.73 Å². The van der Waals surface area contributed by atoms with E-state index in [1.807, 2.05) is 5.92 Å². The number of terminal acetylenes is 1. The molecule has 15 heavy (non-hydrogen) atoms. The molecule has 0 aliphatic heterocycles. The van der Waals surface area contributed by atoms with Crippen LogP contribution in [0.5, 0.6) is 0 Å². The second kappa shape index (κ2) is 5.37. The van der Waals surface area contributed by atoms with Crippen LogP contribution in [0.2, 0.25) is 0 Å². The monoisotopic (exact) mass is 213 g/mol. The van der Waals surface area contributed by atoms with Crippen molar-refractivity contribution in [2.45, 2.75) is 32.5 Å². The van der Waals surface area contributed by atoms with Crippen LogP contribution in [0.1, 0.15) is 20.8 Å². The molecular formula is C10H15NO4. The summed E-state index contributed by atoms with van der Waals surface area (Å²) >= 11 is 0. The highest BCUT2D eigenvalue weighted by Gasteiger charge is 2.26. The Labute approximate surface area is 88.9 Å². The number of hydrogen-bond donors (Lipinski definition) is 1. The van der Waals surface area contributed by atoms with E-state index in [-0.39, 0.29) is 6.54 Å². The first kappa shape index (κ1) is 13.5. The number of esters is 2. The fraction of sp³-hybridized carbons (Fsp3) is 0.600. The van der Waals surface area contributed by atoms with Gasteiger partial charge in [0.2, 0.25) is 0 Å². The molecule has 0 spiro atoms. The van der Waals surface area contributed by atoms with Crippen molar-refractivity contribution in [2.75, 3.05) is 6.54 Å². The molecule has 0 bridgehead atoms. The van der Waals surface area contributed by atoms with E-state index in [1.54, 1.807) is 20.8 Å². The smallest absolute Gasteiger partial charge is 0.360 e. The minimum atomic E-state index is -1.33. The molecule has 5 nitrogen and oxygen atoms in total. The SMILES string of the molecule is C#CC(OC(=O)CN)C(=O)OC(C)(C)C. The third kappa shape index (κ3) is 5.70. The zero-order valence-corrected chi connectivity index (χ0v) is 9.07. The van der Waals surface area contributed by atoms with Crippen molar-refractivity contribution < 1.29 is 19.1 Å². The standard InChI is InChI=1S/C10H15NO4/c1-5-7(14-8(12)6-11)9(13)15-10(2,3)4/h1,7H,6,11H2,2-4H3. The number of rotatable bonds is 3. The summed E-state index contributed by atoms with van der Waals surface area (Å²) in [6.45, 7) is 4.72. The van der Waals surface area contributed by atoms with Crippen LogP contribution in [-0.2, 0) is 19.1 Å². The lowest BCUT2D eigenvalue weighted by molar-refractivity contribution is -0.170. The minimum absolute atomic E-state index is 0.332. The molecule has 5 heteroatoms. The van der Waals surface area contributed by atoms with Gasteiger partial charge < -0.3 is 15.2 Å². The van der Waals surface area contributed by atoms with Crippen LogP contribution in [0.15, 0.2) is 0 Å². The van der Waals surface area contributed by atoms with E-state index in [1.165, 1.54) is 0 Å². The Morgan fingerprint density at radius 2 is 2.00 bits per heavy atom. The number of carbonyl (C=O) groups excluding carboxylic acids is 2. The van der Waals surface area contributed by atoms with Crippen LogP contribution in [0.4, 0.5) is 0 Å².